The Balaban J connectivity index is 1.47. The minimum Gasteiger partial charge on any atom is -0.444 e. The fraction of sp³-hybridized carbons (Fsp3) is 0.357. The van der Waals surface area contributed by atoms with Crippen molar-refractivity contribution in [3.63, 3.8) is 0 Å². The van der Waals surface area contributed by atoms with Crippen LogP contribution >= 0.6 is 0 Å². The van der Waals surface area contributed by atoms with Crippen molar-refractivity contribution < 1.29 is 32.8 Å². The molecule has 0 spiro atoms. The molecule has 1 aliphatic rings. The van der Waals surface area contributed by atoms with Crippen LogP contribution in [0.15, 0.2) is 48.9 Å². The minimum absolute atomic E-state index is 0.0191. The molecular formula is C28H32F3N8O3+. The normalized spacial score (nSPS) is 15.7. The number of benzene rings is 1. The van der Waals surface area contributed by atoms with Crippen molar-refractivity contribution in [2.75, 3.05) is 24.1 Å². The maximum Gasteiger partial charge on any atom is 0.416 e. The summed E-state index contributed by atoms with van der Waals surface area (Å²) in [6, 6.07) is 7.44. The van der Waals surface area contributed by atoms with Crippen LogP contribution in [0.5, 0.6) is 0 Å². The number of nitrogen functional groups attached to an aromatic ring is 1. The van der Waals surface area contributed by atoms with Crippen molar-refractivity contribution >= 4 is 35.2 Å². The summed E-state index contributed by atoms with van der Waals surface area (Å²) in [5.74, 6) is -0.364. The van der Waals surface area contributed by atoms with Gasteiger partial charge in [0.25, 0.3) is 5.91 Å². The third kappa shape index (κ3) is 7.57. The van der Waals surface area contributed by atoms with Crippen LogP contribution in [0.4, 0.5) is 35.4 Å². The Morgan fingerprint density at radius 1 is 1.10 bits per heavy atom. The van der Waals surface area contributed by atoms with Crippen LogP contribution in [0.1, 0.15) is 60.7 Å². The standard InChI is InChI=1S/C28H31F3N8O3/c1-27(2,3)42-26(41)39-12-4-5-19(14-39)37-24-21(23(33)35-15-36-24)22(32)16-6-8-17(9-7-16)25(40)38-20-13-18(10-11-34-20)28(29,30)31/h6-11,13,15,19,32H,4-5,12,14H2,1-3H3,(H,34,38,40)(H3,33,35,36,37)/p+1/t19-/m1/s1. The third-order valence-corrected chi connectivity index (χ3v) is 6.42. The summed E-state index contributed by atoms with van der Waals surface area (Å²) in [6.45, 7) is 6.44. The number of nitrogens with one attached hydrogen (secondary N) is 2. The molecule has 0 bridgehead atoms. The first-order valence-corrected chi connectivity index (χ1v) is 13.2. The van der Waals surface area contributed by atoms with Crippen molar-refractivity contribution in [3.05, 3.63) is 71.2 Å². The Morgan fingerprint density at radius 2 is 1.79 bits per heavy atom. The number of likely N-dealkylation sites (tertiary alicyclic amines) is 1. The summed E-state index contributed by atoms with van der Waals surface area (Å²) >= 11 is 0. The molecular weight excluding hydrogens is 553 g/mol. The lowest BCUT2D eigenvalue weighted by Crippen LogP contribution is -2.88. The van der Waals surface area contributed by atoms with E-state index in [-0.39, 0.29) is 35.0 Å². The number of alkyl halides is 3. The Labute approximate surface area is 240 Å². The lowest BCUT2D eigenvalue weighted by atomic mass is 10.0. The molecule has 3 heterocycles. The fourth-order valence-corrected chi connectivity index (χ4v) is 4.45. The monoisotopic (exact) mass is 585 g/mol. The quantitative estimate of drug-likeness (QED) is 0.320. The molecule has 0 aliphatic carbocycles. The Kier molecular flexibility index (Phi) is 8.75. The van der Waals surface area contributed by atoms with E-state index in [9.17, 15) is 22.8 Å². The second-order valence-corrected chi connectivity index (χ2v) is 10.8. The van der Waals surface area contributed by atoms with Crippen molar-refractivity contribution in [2.45, 2.75) is 51.4 Å². The van der Waals surface area contributed by atoms with E-state index >= 15 is 0 Å². The summed E-state index contributed by atoms with van der Waals surface area (Å²) in [5.41, 5.74) is 5.52. The van der Waals surface area contributed by atoms with Gasteiger partial charge in [0, 0.05) is 30.3 Å². The van der Waals surface area contributed by atoms with E-state index in [1.807, 2.05) is 26.1 Å². The molecule has 0 saturated carbocycles. The zero-order chi connectivity index (χ0) is 30.7. The van der Waals surface area contributed by atoms with Gasteiger partial charge >= 0.3 is 12.3 Å². The molecule has 0 unspecified atom stereocenters. The lowest BCUT2D eigenvalue weighted by molar-refractivity contribution is -0.616. The molecule has 6 N–H and O–H groups in total. The number of carbonyl (C=O) groups excluding carboxylic acids is 2. The van der Waals surface area contributed by atoms with E-state index < -0.39 is 23.2 Å². The topological polar surface area (TPSA) is 164 Å². The Morgan fingerprint density at radius 3 is 2.45 bits per heavy atom. The van der Waals surface area contributed by atoms with Gasteiger partial charge in [-0.05, 0) is 51.5 Å². The fourth-order valence-electron chi connectivity index (χ4n) is 4.45. The molecule has 2 amide bonds. The summed E-state index contributed by atoms with van der Waals surface area (Å²) in [7, 11) is 0. The average molecular weight is 586 g/mol. The second kappa shape index (κ2) is 12.1. The van der Waals surface area contributed by atoms with Gasteiger partial charge in [0.15, 0.2) is 0 Å². The number of ether oxygens (including phenoxy) is 1. The number of carbonyl (C=O) groups is 2. The number of quaternary nitrogens is 1. The van der Waals surface area contributed by atoms with Crippen molar-refractivity contribution in [1.82, 2.24) is 19.9 Å². The van der Waals surface area contributed by atoms with E-state index in [1.54, 1.807) is 4.90 Å². The molecule has 11 nitrogen and oxygen atoms in total. The zero-order valence-electron chi connectivity index (χ0n) is 23.3. The van der Waals surface area contributed by atoms with Crippen LogP contribution in [0.3, 0.4) is 0 Å². The number of nitrogens with zero attached hydrogens (tertiary/aromatic N) is 4. The number of anilines is 2. The molecule has 3 aromatic rings. The zero-order valence-corrected chi connectivity index (χ0v) is 23.3. The maximum absolute atomic E-state index is 13.0. The average Bonchev–Trinajstić information content (AvgIpc) is 2.92. The van der Waals surface area contributed by atoms with E-state index in [1.165, 1.54) is 30.6 Å². The molecule has 1 fully saturated rings. The number of aromatic nitrogens is 3. The highest BCUT2D eigenvalue weighted by Crippen LogP contribution is 2.30. The van der Waals surface area contributed by atoms with Crippen molar-refractivity contribution in [3.8, 4) is 0 Å². The molecule has 2 aromatic heterocycles. The van der Waals surface area contributed by atoms with Crippen LogP contribution in [0, 0.1) is 5.41 Å². The van der Waals surface area contributed by atoms with E-state index in [0.717, 1.165) is 31.2 Å². The number of nitrogens with two attached hydrogens (primary N) is 2. The molecule has 0 radical (unpaired) electrons. The van der Waals surface area contributed by atoms with Crippen LogP contribution in [0.2, 0.25) is 0 Å². The third-order valence-electron chi connectivity index (χ3n) is 6.42. The summed E-state index contributed by atoms with van der Waals surface area (Å²) in [5, 5.41) is 13.1. The molecule has 42 heavy (non-hydrogen) atoms. The van der Waals surface area contributed by atoms with Gasteiger partial charge in [-0.1, -0.05) is 12.1 Å². The van der Waals surface area contributed by atoms with E-state index in [0.29, 0.717) is 30.0 Å². The van der Waals surface area contributed by atoms with Gasteiger partial charge < -0.3 is 20.7 Å². The Hall–Kier alpha value is -4.59. The highest BCUT2D eigenvalue weighted by molar-refractivity contribution is 6.15. The summed E-state index contributed by atoms with van der Waals surface area (Å²) in [6.07, 6.45) is -1.11. The minimum atomic E-state index is -4.57. The number of pyridine rings is 1. The van der Waals surface area contributed by atoms with E-state index in [4.69, 9.17) is 15.9 Å². The van der Waals surface area contributed by atoms with Crippen LogP contribution in [-0.2, 0) is 10.9 Å². The molecule has 222 valence electrons. The molecule has 1 atom stereocenters. The largest absolute Gasteiger partial charge is 0.444 e. The predicted octanol–water partition coefficient (Wildman–Crippen LogP) is 3.74. The molecule has 4 rings (SSSR count). The van der Waals surface area contributed by atoms with Gasteiger partial charge in [0.1, 0.15) is 35.2 Å². The van der Waals surface area contributed by atoms with Crippen molar-refractivity contribution in [1.29, 1.82) is 5.41 Å². The number of hydrogen-bond donors (Lipinski definition) is 4. The van der Waals surface area contributed by atoms with Gasteiger partial charge in [-0.25, -0.2) is 14.8 Å². The maximum atomic E-state index is 13.0. The van der Waals surface area contributed by atoms with Crippen LogP contribution in [-0.4, -0.2) is 62.3 Å². The van der Waals surface area contributed by atoms with Crippen LogP contribution in [0.25, 0.3) is 0 Å². The second-order valence-electron chi connectivity index (χ2n) is 10.8. The van der Waals surface area contributed by atoms with Crippen molar-refractivity contribution in [2.24, 2.45) is 0 Å². The summed E-state index contributed by atoms with van der Waals surface area (Å²) in [4.78, 5) is 39.1. The van der Waals surface area contributed by atoms with Gasteiger partial charge in [-0.15, -0.1) is 0 Å². The lowest BCUT2D eigenvalue weighted by Gasteiger charge is -2.32. The highest BCUT2D eigenvalue weighted by atomic mass is 19.4. The first-order valence-electron chi connectivity index (χ1n) is 13.2. The summed E-state index contributed by atoms with van der Waals surface area (Å²) < 4.78 is 44.4. The SMILES string of the molecule is CC(C)(C)OC(=O)N1CCC[C@@H]([NH2+]c2ncnc(N)c2C(=N)c2ccc(C(=O)Nc3cc(C(F)(F)F)ccn3)cc2)C1. The first kappa shape index (κ1) is 30.4. The molecule has 14 heteroatoms. The van der Waals surface area contributed by atoms with Gasteiger partial charge in [0.2, 0.25) is 5.82 Å². The smallest absolute Gasteiger partial charge is 0.416 e. The van der Waals surface area contributed by atoms with Gasteiger partial charge in [0.05, 0.1) is 17.8 Å². The van der Waals surface area contributed by atoms with Gasteiger partial charge in [-0.2, -0.15) is 18.2 Å². The number of amides is 2. The Bertz CT molecular complexity index is 1470. The number of halogens is 3. The highest BCUT2D eigenvalue weighted by Gasteiger charge is 2.32. The van der Waals surface area contributed by atoms with Crippen LogP contribution < -0.4 is 16.4 Å². The molecule has 1 aliphatic heterocycles. The van der Waals surface area contributed by atoms with Gasteiger partial charge in [-0.3, -0.25) is 15.5 Å². The first-order chi connectivity index (χ1) is 19.7. The number of piperidine rings is 1. The number of hydrogen-bond acceptors (Lipinski definition) is 8. The number of rotatable bonds is 6. The molecule has 1 saturated heterocycles. The molecule has 1 aromatic carbocycles. The van der Waals surface area contributed by atoms with E-state index in [2.05, 4.69) is 20.3 Å². The predicted molar refractivity (Wildman–Crippen MR) is 148 cm³/mol.